The lowest BCUT2D eigenvalue weighted by Gasteiger charge is -2.11. The second-order valence-electron chi connectivity index (χ2n) is 6.63. The van der Waals surface area contributed by atoms with Gasteiger partial charge in [-0.2, -0.15) is 5.10 Å². The minimum absolute atomic E-state index is 0.226. The van der Waals surface area contributed by atoms with Crippen molar-refractivity contribution in [2.45, 2.75) is 6.92 Å². The van der Waals surface area contributed by atoms with Gasteiger partial charge in [0, 0.05) is 0 Å². The number of methoxy groups -OCH3 is 1. The van der Waals surface area contributed by atoms with E-state index in [9.17, 15) is 9.59 Å². The maximum Gasteiger partial charge on any atom is 0.343 e. The molecule has 33 heavy (non-hydrogen) atoms. The lowest BCUT2D eigenvalue weighted by Crippen LogP contribution is -2.24. The highest BCUT2D eigenvalue weighted by Crippen LogP contribution is 2.29. The Morgan fingerprint density at radius 3 is 2.33 bits per heavy atom. The topological polar surface area (TPSA) is 95.5 Å². The van der Waals surface area contributed by atoms with Gasteiger partial charge in [-0.05, 0) is 55.0 Å². The number of nitrogens with one attached hydrogen (secondary N) is 1. The molecular formula is C25H24N2O6. The van der Waals surface area contributed by atoms with E-state index in [0.717, 1.165) is 0 Å². The van der Waals surface area contributed by atoms with E-state index in [1.54, 1.807) is 66.7 Å². The molecule has 0 radical (unpaired) electrons. The SMILES string of the molecule is CCOc1cc(/C=N\NC(=O)COc2ccccc2OC)ccc1OC(=O)c1ccccc1. The second kappa shape index (κ2) is 11.9. The molecule has 8 nitrogen and oxygen atoms in total. The molecule has 0 aliphatic carbocycles. The number of hydrazone groups is 1. The molecule has 3 aromatic rings. The molecule has 0 bridgehead atoms. The van der Waals surface area contributed by atoms with Crippen LogP contribution in [-0.4, -0.2) is 38.4 Å². The van der Waals surface area contributed by atoms with Gasteiger partial charge in [-0.15, -0.1) is 0 Å². The Hall–Kier alpha value is -4.33. The smallest absolute Gasteiger partial charge is 0.343 e. The Labute approximate surface area is 191 Å². The predicted octanol–water partition coefficient (Wildman–Crippen LogP) is 3.84. The van der Waals surface area contributed by atoms with Crippen LogP contribution in [-0.2, 0) is 4.79 Å². The summed E-state index contributed by atoms with van der Waals surface area (Å²) in [6.45, 7) is 1.98. The summed E-state index contributed by atoms with van der Waals surface area (Å²) in [5.41, 5.74) is 3.47. The molecule has 0 unspecified atom stereocenters. The van der Waals surface area contributed by atoms with Gasteiger partial charge in [0.2, 0.25) is 0 Å². The molecule has 0 saturated heterocycles. The highest BCUT2D eigenvalue weighted by atomic mass is 16.6. The molecule has 0 heterocycles. The standard InChI is InChI=1S/C25H24N2O6/c1-3-31-23-15-18(13-14-22(23)33-25(29)19-9-5-4-6-10-19)16-26-27-24(28)17-32-21-12-8-7-11-20(21)30-2/h4-16H,3,17H2,1-2H3,(H,27,28)/b26-16-. The van der Waals surface area contributed by atoms with E-state index >= 15 is 0 Å². The average molecular weight is 448 g/mol. The zero-order valence-corrected chi connectivity index (χ0v) is 18.3. The van der Waals surface area contributed by atoms with Crippen molar-refractivity contribution in [2.24, 2.45) is 5.10 Å². The van der Waals surface area contributed by atoms with Gasteiger partial charge in [0.05, 0.1) is 25.5 Å². The molecule has 8 heteroatoms. The van der Waals surface area contributed by atoms with Crippen LogP contribution in [0.5, 0.6) is 23.0 Å². The Bertz CT molecular complexity index is 1110. The van der Waals surface area contributed by atoms with Gasteiger partial charge in [0.25, 0.3) is 5.91 Å². The van der Waals surface area contributed by atoms with Crippen molar-refractivity contribution in [1.82, 2.24) is 5.43 Å². The average Bonchev–Trinajstić information content (AvgIpc) is 2.85. The normalized spacial score (nSPS) is 10.5. The van der Waals surface area contributed by atoms with Gasteiger partial charge in [-0.1, -0.05) is 30.3 Å². The molecule has 0 saturated carbocycles. The van der Waals surface area contributed by atoms with E-state index < -0.39 is 11.9 Å². The van der Waals surface area contributed by atoms with Crippen LogP contribution in [0.15, 0.2) is 77.9 Å². The quantitative estimate of drug-likeness (QED) is 0.219. The molecule has 0 atom stereocenters. The van der Waals surface area contributed by atoms with E-state index in [0.29, 0.717) is 35.0 Å². The number of para-hydroxylation sites is 2. The predicted molar refractivity (Wildman–Crippen MR) is 123 cm³/mol. The van der Waals surface area contributed by atoms with Gasteiger partial charge in [-0.3, -0.25) is 4.79 Å². The summed E-state index contributed by atoms with van der Waals surface area (Å²) in [6.07, 6.45) is 1.45. The van der Waals surface area contributed by atoms with Gasteiger partial charge in [0.15, 0.2) is 29.6 Å². The fraction of sp³-hybridized carbons (Fsp3) is 0.160. The Morgan fingerprint density at radius 1 is 0.879 bits per heavy atom. The minimum atomic E-state index is -0.486. The zero-order valence-electron chi connectivity index (χ0n) is 18.3. The molecule has 0 aliphatic heterocycles. The third kappa shape index (κ3) is 6.83. The van der Waals surface area contributed by atoms with Crippen molar-refractivity contribution < 1.29 is 28.5 Å². The molecule has 1 amide bonds. The first-order valence-electron chi connectivity index (χ1n) is 10.2. The van der Waals surface area contributed by atoms with Gasteiger partial charge < -0.3 is 18.9 Å². The van der Waals surface area contributed by atoms with Crippen LogP contribution in [0, 0.1) is 0 Å². The van der Waals surface area contributed by atoms with E-state index in [1.807, 2.05) is 13.0 Å². The van der Waals surface area contributed by atoms with Crippen LogP contribution in [0.4, 0.5) is 0 Å². The first-order valence-corrected chi connectivity index (χ1v) is 10.2. The molecule has 0 fully saturated rings. The first kappa shape index (κ1) is 23.3. The number of benzene rings is 3. The van der Waals surface area contributed by atoms with E-state index in [1.165, 1.54) is 13.3 Å². The summed E-state index contributed by atoms with van der Waals surface area (Å²) in [5, 5.41) is 3.94. The summed E-state index contributed by atoms with van der Waals surface area (Å²) >= 11 is 0. The maximum atomic E-state index is 12.3. The number of esters is 1. The Balaban J connectivity index is 1.59. The number of amides is 1. The number of hydrogen-bond acceptors (Lipinski definition) is 7. The van der Waals surface area contributed by atoms with E-state index in [4.69, 9.17) is 18.9 Å². The summed E-state index contributed by atoms with van der Waals surface area (Å²) < 4.78 is 21.7. The van der Waals surface area contributed by atoms with Crippen molar-refractivity contribution in [3.8, 4) is 23.0 Å². The number of carbonyl (C=O) groups is 2. The summed E-state index contributed by atoms with van der Waals surface area (Å²) in [5.74, 6) is 0.746. The zero-order chi connectivity index (χ0) is 23.5. The third-order valence-electron chi connectivity index (χ3n) is 4.31. The minimum Gasteiger partial charge on any atom is -0.493 e. The largest absolute Gasteiger partial charge is 0.493 e. The van der Waals surface area contributed by atoms with Crippen LogP contribution in [0.25, 0.3) is 0 Å². The molecular weight excluding hydrogens is 424 g/mol. The van der Waals surface area contributed by atoms with Crippen LogP contribution < -0.4 is 24.4 Å². The van der Waals surface area contributed by atoms with Crippen molar-refractivity contribution in [2.75, 3.05) is 20.3 Å². The monoisotopic (exact) mass is 448 g/mol. The molecule has 3 rings (SSSR count). The molecule has 0 aromatic heterocycles. The number of hydrogen-bond donors (Lipinski definition) is 1. The van der Waals surface area contributed by atoms with Crippen molar-refractivity contribution in [3.63, 3.8) is 0 Å². The number of rotatable bonds is 10. The third-order valence-corrected chi connectivity index (χ3v) is 4.31. The fourth-order valence-electron chi connectivity index (χ4n) is 2.78. The van der Waals surface area contributed by atoms with Crippen LogP contribution in [0.2, 0.25) is 0 Å². The Kier molecular flexibility index (Phi) is 8.41. The number of ether oxygens (including phenoxy) is 4. The highest BCUT2D eigenvalue weighted by molar-refractivity contribution is 5.91. The maximum absolute atomic E-state index is 12.3. The number of nitrogens with zero attached hydrogens (tertiary/aromatic N) is 1. The lowest BCUT2D eigenvalue weighted by molar-refractivity contribution is -0.123. The van der Waals surface area contributed by atoms with Crippen molar-refractivity contribution in [3.05, 3.63) is 83.9 Å². The molecule has 0 spiro atoms. The summed E-state index contributed by atoms with van der Waals surface area (Å²) in [6, 6.07) is 20.7. The fourth-order valence-corrected chi connectivity index (χ4v) is 2.78. The van der Waals surface area contributed by atoms with Gasteiger partial charge in [0.1, 0.15) is 0 Å². The first-order chi connectivity index (χ1) is 16.1. The van der Waals surface area contributed by atoms with E-state index in [-0.39, 0.29) is 12.4 Å². The Morgan fingerprint density at radius 2 is 1.61 bits per heavy atom. The van der Waals surface area contributed by atoms with Gasteiger partial charge >= 0.3 is 5.97 Å². The van der Waals surface area contributed by atoms with Crippen LogP contribution in [0.3, 0.4) is 0 Å². The molecule has 3 aromatic carbocycles. The summed E-state index contributed by atoms with van der Waals surface area (Å²) in [7, 11) is 1.52. The van der Waals surface area contributed by atoms with E-state index in [2.05, 4.69) is 10.5 Å². The number of carbonyl (C=O) groups excluding carboxylic acids is 2. The molecule has 170 valence electrons. The van der Waals surface area contributed by atoms with Crippen LogP contribution in [0.1, 0.15) is 22.8 Å². The lowest BCUT2D eigenvalue weighted by atomic mass is 10.2. The van der Waals surface area contributed by atoms with Gasteiger partial charge in [-0.25, -0.2) is 10.2 Å². The summed E-state index contributed by atoms with van der Waals surface area (Å²) in [4.78, 5) is 24.3. The van der Waals surface area contributed by atoms with Crippen molar-refractivity contribution >= 4 is 18.1 Å². The second-order valence-corrected chi connectivity index (χ2v) is 6.63. The molecule has 0 aliphatic rings. The molecule has 1 N–H and O–H groups in total. The van der Waals surface area contributed by atoms with Crippen molar-refractivity contribution in [1.29, 1.82) is 0 Å². The van der Waals surface area contributed by atoms with Crippen LogP contribution >= 0.6 is 0 Å². The highest BCUT2D eigenvalue weighted by Gasteiger charge is 2.13.